The summed E-state index contributed by atoms with van der Waals surface area (Å²) in [6.45, 7) is 5.88. The minimum atomic E-state index is 0.0394. The molecule has 0 bridgehead atoms. The second kappa shape index (κ2) is 4.24. The van der Waals surface area contributed by atoms with Crippen molar-refractivity contribution in [2.24, 2.45) is 4.99 Å². The monoisotopic (exact) mass is 127 g/mol. The van der Waals surface area contributed by atoms with Gasteiger partial charge in [0.05, 0.1) is 0 Å². The van der Waals surface area contributed by atoms with E-state index in [1.54, 1.807) is 0 Å². The molecule has 0 fully saturated rings. The highest BCUT2D eigenvalue weighted by atomic mass is 16.1. The van der Waals surface area contributed by atoms with Gasteiger partial charge in [0.2, 0.25) is 5.91 Å². The summed E-state index contributed by atoms with van der Waals surface area (Å²) >= 11 is 0. The first-order valence-electron chi connectivity index (χ1n) is 3.36. The van der Waals surface area contributed by atoms with Crippen molar-refractivity contribution in [1.82, 2.24) is 0 Å². The van der Waals surface area contributed by atoms with Gasteiger partial charge in [-0.2, -0.15) is 0 Å². The van der Waals surface area contributed by atoms with E-state index in [2.05, 4.69) is 4.99 Å². The molecule has 2 heteroatoms. The fourth-order valence-electron chi connectivity index (χ4n) is 0.613. The topological polar surface area (TPSA) is 29.4 Å². The number of rotatable bonds is 0. The maximum Gasteiger partial charge on any atom is 0.245 e. The predicted molar refractivity (Wildman–Crippen MR) is 38.7 cm³/mol. The van der Waals surface area contributed by atoms with Gasteiger partial charge in [-0.25, -0.2) is 4.99 Å². The third-order valence-corrected chi connectivity index (χ3v) is 1.02. The summed E-state index contributed by atoms with van der Waals surface area (Å²) in [7, 11) is 0. The van der Waals surface area contributed by atoms with Crippen LogP contribution in [0.3, 0.4) is 0 Å². The largest absolute Gasteiger partial charge is 0.273 e. The van der Waals surface area contributed by atoms with Crippen molar-refractivity contribution in [3.05, 3.63) is 0 Å². The standard InChI is InChI=1S/C5H7NO.C2H6/c1-4-2-3-5(7)6-4;1-2/h2-3H2,1H3;1-2H3. The molecule has 9 heavy (non-hydrogen) atoms. The van der Waals surface area contributed by atoms with Crippen LogP contribution in [0.1, 0.15) is 33.6 Å². The molecule has 1 heterocycles. The Bertz CT molecular complexity index is 127. The lowest BCUT2D eigenvalue weighted by Crippen LogP contribution is -1.79. The summed E-state index contributed by atoms with van der Waals surface area (Å²) in [4.78, 5) is 13.9. The lowest BCUT2D eigenvalue weighted by atomic mass is 10.3. The van der Waals surface area contributed by atoms with E-state index < -0.39 is 0 Å². The molecule has 0 aromatic carbocycles. The van der Waals surface area contributed by atoms with E-state index in [4.69, 9.17) is 0 Å². The van der Waals surface area contributed by atoms with Crippen molar-refractivity contribution in [2.75, 3.05) is 0 Å². The van der Waals surface area contributed by atoms with Crippen LogP contribution in [0.5, 0.6) is 0 Å². The molecule has 0 spiro atoms. The number of hydrogen-bond donors (Lipinski definition) is 0. The molecule has 0 saturated heterocycles. The lowest BCUT2D eigenvalue weighted by Gasteiger charge is -1.74. The maximum atomic E-state index is 10.3. The highest BCUT2D eigenvalue weighted by Crippen LogP contribution is 2.03. The van der Waals surface area contributed by atoms with Gasteiger partial charge in [0.15, 0.2) is 0 Å². The molecule has 0 atom stereocenters. The Morgan fingerprint density at radius 3 is 2.00 bits per heavy atom. The third kappa shape index (κ3) is 3.01. The van der Waals surface area contributed by atoms with Gasteiger partial charge in [0.1, 0.15) is 0 Å². The minimum Gasteiger partial charge on any atom is -0.273 e. The summed E-state index contributed by atoms with van der Waals surface area (Å²) in [5.41, 5.74) is 0.977. The first-order chi connectivity index (χ1) is 4.29. The van der Waals surface area contributed by atoms with Crippen LogP contribution in [0.2, 0.25) is 0 Å². The Morgan fingerprint density at radius 1 is 1.33 bits per heavy atom. The number of nitrogens with zero attached hydrogens (tertiary/aromatic N) is 1. The Balaban J connectivity index is 0.000000291. The smallest absolute Gasteiger partial charge is 0.245 e. The number of amides is 1. The van der Waals surface area contributed by atoms with E-state index >= 15 is 0 Å². The molecule has 0 aromatic heterocycles. The van der Waals surface area contributed by atoms with Crippen LogP contribution in [-0.2, 0) is 4.79 Å². The average Bonchev–Trinajstić information content (AvgIpc) is 2.20. The van der Waals surface area contributed by atoms with Crippen molar-refractivity contribution >= 4 is 11.6 Å². The number of carbonyl (C=O) groups excluding carboxylic acids is 1. The molecule has 1 rings (SSSR count). The molecule has 1 amide bonds. The summed E-state index contributed by atoms with van der Waals surface area (Å²) in [5.74, 6) is 0.0394. The average molecular weight is 127 g/mol. The maximum absolute atomic E-state index is 10.3. The fourth-order valence-corrected chi connectivity index (χ4v) is 0.613. The van der Waals surface area contributed by atoms with Gasteiger partial charge in [-0.05, 0) is 13.3 Å². The highest BCUT2D eigenvalue weighted by molar-refractivity contribution is 6.00. The van der Waals surface area contributed by atoms with E-state index in [-0.39, 0.29) is 5.91 Å². The Hall–Kier alpha value is -0.660. The van der Waals surface area contributed by atoms with E-state index in [1.165, 1.54) is 0 Å². The van der Waals surface area contributed by atoms with Crippen molar-refractivity contribution in [3.63, 3.8) is 0 Å². The number of aliphatic imine (C=N–C) groups is 1. The molecule has 0 unspecified atom stereocenters. The zero-order valence-corrected chi connectivity index (χ0v) is 6.27. The van der Waals surface area contributed by atoms with Crippen molar-refractivity contribution < 1.29 is 4.79 Å². The van der Waals surface area contributed by atoms with Gasteiger partial charge in [-0.1, -0.05) is 13.8 Å². The second-order valence-electron chi connectivity index (χ2n) is 1.74. The van der Waals surface area contributed by atoms with Gasteiger partial charge in [0.25, 0.3) is 0 Å². The molecule has 1 aliphatic rings. The zero-order valence-electron chi connectivity index (χ0n) is 6.27. The van der Waals surface area contributed by atoms with Gasteiger partial charge in [-0.15, -0.1) is 0 Å². The Kier molecular flexibility index (Phi) is 3.93. The van der Waals surface area contributed by atoms with Crippen LogP contribution in [0.4, 0.5) is 0 Å². The summed E-state index contributed by atoms with van der Waals surface area (Å²) in [6, 6.07) is 0. The molecular weight excluding hydrogens is 114 g/mol. The first-order valence-corrected chi connectivity index (χ1v) is 3.36. The van der Waals surface area contributed by atoms with Crippen LogP contribution in [0.25, 0.3) is 0 Å². The Labute approximate surface area is 56.0 Å². The molecule has 2 nitrogen and oxygen atoms in total. The molecule has 0 aliphatic carbocycles. The van der Waals surface area contributed by atoms with E-state index in [0.717, 1.165) is 12.1 Å². The SMILES string of the molecule is CC.CC1=NC(=O)CC1. The lowest BCUT2D eigenvalue weighted by molar-refractivity contribution is -0.117. The summed E-state index contributed by atoms with van der Waals surface area (Å²) < 4.78 is 0. The fraction of sp³-hybridized carbons (Fsp3) is 0.714. The van der Waals surface area contributed by atoms with Crippen LogP contribution < -0.4 is 0 Å². The molecule has 52 valence electrons. The van der Waals surface area contributed by atoms with Crippen molar-refractivity contribution in [2.45, 2.75) is 33.6 Å². The highest BCUT2D eigenvalue weighted by Gasteiger charge is 2.07. The summed E-state index contributed by atoms with van der Waals surface area (Å²) in [6.07, 6.45) is 1.50. The van der Waals surface area contributed by atoms with Crippen molar-refractivity contribution in [3.8, 4) is 0 Å². The van der Waals surface area contributed by atoms with E-state index in [9.17, 15) is 4.79 Å². The van der Waals surface area contributed by atoms with Crippen LogP contribution in [0, 0.1) is 0 Å². The van der Waals surface area contributed by atoms with Gasteiger partial charge < -0.3 is 0 Å². The van der Waals surface area contributed by atoms with Crippen LogP contribution in [-0.4, -0.2) is 11.6 Å². The number of carbonyl (C=O) groups is 1. The quantitative estimate of drug-likeness (QED) is 0.487. The van der Waals surface area contributed by atoms with E-state index in [1.807, 2.05) is 20.8 Å². The van der Waals surface area contributed by atoms with Gasteiger partial charge >= 0.3 is 0 Å². The van der Waals surface area contributed by atoms with Gasteiger partial charge in [-0.3, -0.25) is 4.79 Å². The Morgan fingerprint density at radius 2 is 1.89 bits per heavy atom. The molecule has 0 radical (unpaired) electrons. The molecular formula is C7H13NO. The normalized spacial score (nSPS) is 16.3. The minimum absolute atomic E-state index is 0.0394. The second-order valence-corrected chi connectivity index (χ2v) is 1.74. The predicted octanol–water partition coefficient (Wildman–Crippen LogP) is 1.79. The van der Waals surface area contributed by atoms with Crippen LogP contribution in [0.15, 0.2) is 4.99 Å². The molecule has 0 N–H and O–H groups in total. The zero-order chi connectivity index (χ0) is 7.28. The van der Waals surface area contributed by atoms with Crippen LogP contribution >= 0.6 is 0 Å². The first kappa shape index (κ1) is 8.34. The number of hydrogen-bond acceptors (Lipinski definition) is 1. The van der Waals surface area contributed by atoms with Gasteiger partial charge in [0, 0.05) is 12.1 Å². The molecule has 0 aromatic rings. The molecule has 0 saturated carbocycles. The summed E-state index contributed by atoms with van der Waals surface area (Å²) in [5, 5.41) is 0. The van der Waals surface area contributed by atoms with E-state index in [0.29, 0.717) is 6.42 Å². The molecule has 1 aliphatic heterocycles. The third-order valence-electron chi connectivity index (χ3n) is 1.02. The van der Waals surface area contributed by atoms with Crippen molar-refractivity contribution in [1.29, 1.82) is 0 Å².